The van der Waals surface area contributed by atoms with Gasteiger partial charge < -0.3 is 10.4 Å². The number of Topliss-reactive ketones (excluding diaryl/α,β-unsaturated/α-hetero) is 1. The minimum atomic E-state index is -0.779. The Morgan fingerprint density at radius 1 is 1.41 bits per heavy atom. The van der Waals surface area contributed by atoms with E-state index in [2.05, 4.69) is 10.2 Å². The first-order valence-electron chi connectivity index (χ1n) is 6.14. The predicted molar refractivity (Wildman–Crippen MR) is 64.9 cm³/mol. The molecule has 1 aliphatic heterocycles. The number of carboxylic acid groups (broad SMARTS) is 1. The van der Waals surface area contributed by atoms with Gasteiger partial charge in [0.05, 0.1) is 6.54 Å². The predicted octanol–water partition coefficient (Wildman–Crippen LogP) is 0.350. The third kappa shape index (κ3) is 4.83. The smallest absolute Gasteiger partial charge is 0.320 e. The SMILES string of the molecule is CN[C@@H](CC1CCN(CC(C)=O)CC1)C(=O)O. The van der Waals surface area contributed by atoms with E-state index in [4.69, 9.17) is 5.11 Å². The normalized spacial score (nSPS) is 20.1. The van der Waals surface area contributed by atoms with Gasteiger partial charge in [0.25, 0.3) is 0 Å². The standard InChI is InChI=1S/C12H22N2O3/c1-9(15)8-14-5-3-10(4-6-14)7-11(13-2)12(16)17/h10-11,13H,3-8H2,1-2H3,(H,16,17)/t11-/m0/s1. The summed E-state index contributed by atoms with van der Waals surface area (Å²) >= 11 is 0. The van der Waals surface area contributed by atoms with Crippen molar-refractivity contribution in [2.24, 2.45) is 5.92 Å². The van der Waals surface area contributed by atoms with Crippen LogP contribution < -0.4 is 5.32 Å². The molecule has 0 aromatic rings. The lowest BCUT2D eigenvalue weighted by Crippen LogP contribution is -2.41. The van der Waals surface area contributed by atoms with Gasteiger partial charge in [0, 0.05) is 0 Å². The number of nitrogens with one attached hydrogen (secondary N) is 1. The zero-order chi connectivity index (χ0) is 12.8. The summed E-state index contributed by atoms with van der Waals surface area (Å²) < 4.78 is 0. The number of ketones is 1. The van der Waals surface area contributed by atoms with Gasteiger partial charge in [-0.25, -0.2) is 0 Å². The zero-order valence-electron chi connectivity index (χ0n) is 10.6. The topological polar surface area (TPSA) is 69.6 Å². The summed E-state index contributed by atoms with van der Waals surface area (Å²) in [6.07, 6.45) is 2.65. The molecule has 5 heteroatoms. The van der Waals surface area contributed by atoms with Crippen molar-refractivity contribution in [2.45, 2.75) is 32.2 Å². The number of likely N-dealkylation sites (N-methyl/N-ethyl adjacent to an activating group) is 1. The van der Waals surface area contributed by atoms with Gasteiger partial charge in [-0.2, -0.15) is 0 Å². The van der Waals surface area contributed by atoms with Crippen LogP contribution in [0, 0.1) is 5.92 Å². The number of rotatable bonds is 6. The molecule has 0 bridgehead atoms. The van der Waals surface area contributed by atoms with Crippen molar-refractivity contribution < 1.29 is 14.7 Å². The quantitative estimate of drug-likeness (QED) is 0.703. The van der Waals surface area contributed by atoms with Crippen LogP contribution in [0.3, 0.4) is 0 Å². The van der Waals surface area contributed by atoms with Crippen LogP contribution in [0.15, 0.2) is 0 Å². The van der Waals surface area contributed by atoms with Gasteiger partial charge in [-0.05, 0) is 52.2 Å². The number of hydrogen-bond acceptors (Lipinski definition) is 4. The van der Waals surface area contributed by atoms with Crippen molar-refractivity contribution in [3.63, 3.8) is 0 Å². The van der Waals surface area contributed by atoms with E-state index in [-0.39, 0.29) is 5.78 Å². The van der Waals surface area contributed by atoms with E-state index in [0.29, 0.717) is 18.9 Å². The highest BCUT2D eigenvalue weighted by Crippen LogP contribution is 2.21. The summed E-state index contributed by atoms with van der Waals surface area (Å²) in [6.45, 7) is 3.94. The molecule has 0 radical (unpaired) electrons. The first kappa shape index (κ1) is 14.1. The maximum absolute atomic E-state index is 11.0. The fourth-order valence-electron chi connectivity index (χ4n) is 2.37. The molecule has 0 spiro atoms. The van der Waals surface area contributed by atoms with Crippen molar-refractivity contribution >= 4 is 11.8 Å². The molecule has 0 saturated carbocycles. The minimum absolute atomic E-state index is 0.196. The maximum atomic E-state index is 11.0. The molecule has 0 aromatic heterocycles. The zero-order valence-corrected chi connectivity index (χ0v) is 10.6. The molecule has 0 amide bonds. The van der Waals surface area contributed by atoms with Gasteiger partial charge in [0.15, 0.2) is 0 Å². The second-order valence-corrected chi connectivity index (χ2v) is 4.84. The van der Waals surface area contributed by atoms with Crippen LogP contribution in [0.25, 0.3) is 0 Å². The monoisotopic (exact) mass is 242 g/mol. The molecule has 0 aromatic carbocycles. The van der Waals surface area contributed by atoms with E-state index in [1.54, 1.807) is 14.0 Å². The van der Waals surface area contributed by atoms with Gasteiger partial charge in [0.1, 0.15) is 11.8 Å². The molecule has 98 valence electrons. The molecule has 1 fully saturated rings. The van der Waals surface area contributed by atoms with E-state index in [1.165, 1.54) is 0 Å². The van der Waals surface area contributed by atoms with E-state index in [0.717, 1.165) is 25.9 Å². The molecule has 1 atom stereocenters. The third-order valence-electron chi connectivity index (χ3n) is 3.37. The fourth-order valence-corrected chi connectivity index (χ4v) is 2.37. The van der Waals surface area contributed by atoms with Gasteiger partial charge in [-0.1, -0.05) is 0 Å². The fraction of sp³-hybridized carbons (Fsp3) is 0.833. The summed E-state index contributed by atoms with van der Waals surface area (Å²) in [7, 11) is 1.68. The van der Waals surface area contributed by atoms with Crippen LogP contribution >= 0.6 is 0 Å². The van der Waals surface area contributed by atoms with Crippen molar-refractivity contribution in [1.29, 1.82) is 0 Å². The van der Waals surface area contributed by atoms with Crippen LogP contribution in [0.1, 0.15) is 26.2 Å². The summed E-state index contributed by atoms with van der Waals surface area (Å²) in [4.78, 5) is 24.0. The molecule has 0 aliphatic carbocycles. The molecule has 17 heavy (non-hydrogen) atoms. The molecule has 0 unspecified atom stereocenters. The van der Waals surface area contributed by atoms with Gasteiger partial charge in [-0.3, -0.25) is 14.5 Å². The number of aliphatic carboxylic acids is 1. The van der Waals surface area contributed by atoms with Gasteiger partial charge in [-0.15, -0.1) is 0 Å². The van der Waals surface area contributed by atoms with Crippen LogP contribution in [0.5, 0.6) is 0 Å². The number of carbonyl (C=O) groups is 2. The molecule has 1 heterocycles. The Hall–Kier alpha value is -0.940. The Kier molecular flexibility index (Phi) is 5.58. The summed E-state index contributed by atoms with van der Waals surface area (Å²) in [5.74, 6) is -0.132. The number of piperidine rings is 1. The minimum Gasteiger partial charge on any atom is -0.480 e. The third-order valence-corrected chi connectivity index (χ3v) is 3.37. The number of likely N-dealkylation sites (tertiary alicyclic amines) is 1. The molecule has 1 aliphatic rings. The van der Waals surface area contributed by atoms with Crippen LogP contribution in [0.4, 0.5) is 0 Å². The number of carbonyl (C=O) groups excluding carboxylic acids is 1. The summed E-state index contributed by atoms with van der Waals surface area (Å²) in [5, 5.41) is 11.8. The van der Waals surface area contributed by atoms with Gasteiger partial charge in [0.2, 0.25) is 0 Å². The Balaban J connectivity index is 2.31. The van der Waals surface area contributed by atoms with Crippen molar-refractivity contribution in [2.75, 3.05) is 26.7 Å². The molecule has 2 N–H and O–H groups in total. The highest BCUT2D eigenvalue weighted by molar-refractivity contribution is 5.77. The van der Waals surface area contributed by atoms with Crippen molar-refractivity contribution in [3.8, 4) is 0 Å². The number of hydrogen-bond donors (Lipinski definition) is 2. The Bertz CT molecular complexity index is 273. The first-order chi connectivity index (χ1) is 8.02. The van der Waals surface area contributed by atoms with E-state index < -0.39 is 12.0 Å². The Labute approximate surface area is 102 Å². The molecular weight excluding hydrogens is 220 g/mol. The van der Waals surface area contributed by atoms with Crippen molar-refractivity contribution in [3.05, 3.63) is 0 Å². The van der Waals surface area contributed by atoms with Crippen molar-refractivity contribution in [1.82, 2.24) is 10.2 Å². The highest BCUT2D eigenvalue weighted by atomic mass is 16.4. The van der Waals surface area contributed by atoms with E-state index in [9.17, 15) is 9.59 Å². The molecular formula is C12H22N2O3. The lowest BCUT2D eigenvalue weighted by molar-refractivity contribution is -0.139. The Morgan fingerprint density at radius 3 is 2.41 bits per heavy atom. The van der Waals surface area contributed by atoms with E-state index >= 15 is 0 Å². The van der Waals surface area contributed by atoms with Crippen LogP contribution in [-0.4, -0.2) is 54.5 Å². The molecule has 5 nitrogen and oxygen atoms in total. The average Bonchev–Trinajstić information content (AvgIpc) is 2.26. The van der Waals surface area contributed by atoms with Crippen LogP contribution in [0.2, 0.25) is 0 Å². The lowest BCUT2D eigenvalue weighted by atomic mass is 9.90. The average molecular weight is 242 g/mol. The second-order valence-electron chi connectivity index (χ2n) is 4.84. The molecule has 1 saturated heterocycles. The summed E-state index contributed by atoms with van der Waals surface area (Å²) in [6, 6.07) is -0.445. The van der Waals surface area contributed by atoms with Crippen LogP contribution in [-0.2, 0) is 9.59 Å². The highest BCUT2D eigenvalue weighted by Gasteiger charge is 2.25. The second kappa shape index (κ2) is 6.71. The Morgan fingerprint density at radius 2 is 2.00 bits per heavy atom. The number of nitrogens with zero attached hydrogens (tertiary/aromatic N) is 1. The first-order valence-corrected chi connectivity index (χ1v) is 6.14. The largest absolute Gasteiger partial charge is 0.480 e. The van der Waals surface area contributed by atoms with Gasteiger partial charge >= 0.3 is 5.97 Å². The lowest BCUT2D eigenvalue weighted by Gasteiger charge is -2.32. The molecule has 1 rings (SSSR count). The number of carboxylic acids is 1. The summed E-state index contributed by atoms with van der Waals surface area (Å²) in [5.41, 5.74) is 0. The van der Waals surface area contributed by atoms with E-state index in [1.807, 2.05) is 0 Å². The maximum Gasteiger partial charge on any atom is 0.320 e.